The molecule has 0 heterocycles. The van der Waals surface area contributed by atoms with Crippen LogP contribution in [0.1, 0.15) is 13.8 Å². The van der Waals surface area contributed by atoms with Crippen LogP contribution in [-0.2, 0) is 9.84 Å². The molecule has 2 unspecified atom stereocenters. The third-order valence-electron chi connectivity index (χ3n) is 4.46. The molecule has 0 saturated heterocycles. The minimum absolute atomic E-state index is 0.0635. The molecule has 0 aliphatic heterocycles. The lowest BCUT2D eigenvalue weighted by atomic mass is 9.91. The quantitative estimate of drug-likeness (QED) is 0.835. The lowest BCUT2D eigenvalue weighted by Gasteiger charge is -2.32. The highest BCUT2D eigenvalue weighted by molar-refractivity contribution is 7.93. The van der Waals surface area contributed by atoms with Crippen molar-refractivity contribution in [1.29, 1.82) is 0 Å². The zero-order valence-corrected chi connectivity index (χ0v) is 13.0. The topological polar surface area (TPSA) is 34.1 Å². The van der Waals surface area contributed by atoms with E-state index in [4.69, 9.17) is 0 Å². The molecule has 0 N–H and O–H groups in total. The van der Waals surface area contributed by atoms with E-state index in [9.17, 15) is 8.42 Å². The molecule has 0 radical (unpaired) electrons. The van der Waals surface area contributed by atoms with Crippen molar-refractivity contribution in [2.75, 3.05) is 0 Å². The van der Waals surface area contributed by atoms with E-state index >= 15 is 0 Å². The number of benzene rings is 2. The fraction of sp³-hybridized carbons (Fsp3) is 0.222. The van der Waals surface area contributed by atoms with E-state index in [-0.39, 0.29) is 5.92 Å². The Balaban J connectivity index is 2.27. The number of fused-ring (bicyclic) bond motifs is 1. The highest BCUT2D eigenvalue weighted by Gasteiger charge is 2.43. The smallest absolute Gasteiger partial charge is 0.188 e. The van der Waals surface area contributed by atoms with Crippen LogP contribution in [-0.4, -0.2) is 13.2 Å². The second-order valence-corrected chi connectivity index (χ2v) is 8.02. The minimum Gasteiger partial charge on any atom is -0.223 e. The Morgan fingerprint density at radius 2 is 1.71 bits per heavy atom. The van der Waals surface area contributed by atoms with Gasteiger partial charge in [0.15, 0.2) is 9.84 Å². The third kappa shape index (κ3) is 2.04. The molecule has 2 atom stereocenters. The van der Waals surface area contributed by atoms with E-state index < -0.39 is 14.6 Å². The maximum absolute atomic E-state index is 13.2. The van der Waals surface area contributed by atoms with Gasteiger partial charge in [0, 0.05) is 5.39 Å². The summed E-state index contributed by atoms with van der Waals surface area (Å²) < 4.78 is 25.6. The number of allylic oxidation sites excluding steroid dienone is 3. The summed E-state index contributed by atoms with van der Waals surface area (Å²) in [5.41, 5.74) is 0. The van der Waals surface area contributed by atoms with Crippen LogP contribution in [0.3, 0.4) is 0 Å². The first kappa shape index (κ1) is 14.1. The zero-order valence-electron chi connectivity index (χ0n) is 12.2. The van der Waals surface area contributed by atoms with Crippen LogP contribution in [0.5, 0.6) is 0 Å². The van der Waals surface area contributed by atoms with Gasteiger partial charge in [0.25, 0.3) is 0 Å². The van der Waals surface area contributed by atoms with Crippen LogP contribution >= 0.6 is 0 Å². The van der Waals surface area contributed by atoms with Crippen molar-refractivity contribution in [2.45, 2.75) is 23.5 Å². The predicted molar refractivity (Wildman–Crippen MR) is 87.0 cm³/mol. The molecule has 3 heteroatoms. The minimum atomic E-state index is -3.48. The first-order valence-corrected chi connectivity index (χ1v) is 8.53. The van der Waals surface area contributed by atoms with E-state index in [1.54, 1.807) is 19.1 Å². The molecule has 1 aliphatic rings. The molecule has 0 amide bonds. The summed E-state index contributed by atoms with van der Waals surface area (Å²) in [5, 5.41) is 1.74. The molecule has 0 saturated carbocycles. The fourth-order valence-corrected chi connectivity index (χ4v) is 4.85. The molecule has 0 fully saturated rings. The van der Waals surface area contributed by atoms with Crippen molar-refractivity contribution >= 4 is 20.6 Å². The lowest BCUT2D eigenvalue weighted by molar-refractivity contribution is 0.514. The Hall–Kier alpha value is -1.87. The Kier molecular flexibility index (Phi) is 3.25. The number of hydrogen-bond donors (Lipinski definition) is 0. The zero-order chi connectivity index (χ0) is 15.1. The van der Waals surface area contributed by atoms with Crippen molar-refractivity contribution in [3.05, 3.63) is 66.8 Å². The first-order valence-electron chi connectivity index (χ1n) is 7.05. The number of hydrogen-bond acceptors (Lipinski definition) is 2. The molecule has 108 valence electrons. The Morgan fingerprint density at radius 1 is 1.00 bits per heavy atom. The van der Waals surface area contributed by atoms with Gasteiger partial charge < -0.3 is 0 Å². The van der Waals surface area contributed by atoms with E-state index in [2.05, 4.69) is 0 Å². The van der Waals surface area contributed by atoms with Crippen LogP contribution < -0.4 is 0 Å². The second kappa shape index (κ2) is 4.85. The molecule has 1 aliphatic carbocycles. The van der Waals surface area contributed by atoms with Crippen LogP contribution in [0.25, 0.3) is 10.8 Å². The Morgan fingerprint density at radius 3 is 2.48 bits per heavy atom. The number of rotatable bonds is 2. The second-order valence-electron chi connectivity index (χ2n) is 5.70. The molecule has 3 rings (SSSR count). The van der Waals surface area contributed by atoms with Crippen molar-refractivity contribution in [3.8, 4) is 0 Å². The number of sulfone groups is 1. The van der Waals surface area contributed by atoms with Gasteiger partial charge in [0.2, 0.25) is 0 Å². The van der Waals surface area contributed by atoms with E-state index in [0.717, 1.165) is 10.8 Å². The van der Waals surface area contributed by atoms with Gasteiger partial charge in [0.1, 0.15) is 0 Å². The average molecular weight is 298 g/mol. The first-order chi connectivity index (χ1) is 9.97. The normalized spacial score (nSPS) is 25.3. The summed E-state index contributed by atoms with van der Waals surface area (Å²) in [6, 6.07) is 13.1. The van der Waals surface area contributed by atoms with Gasteiger partial charge in [0.05, 0.1) is 9.64 Å². The van der Waals surface area contributed by atoms with E-state index in [1.165, 1.54) is 0 Å². The van der Waals surface area contributed by atoms with Crippen LogP contribution in [0.2, 0.25) is 0 Å². The Bertz CT molecular complexity index is 841. The van der Waals surface area contributed by atoms with Crippen LogP contribution in [0.4, 0.5) is 0 Å². The van der Waals surface area contributed by atoms with Crippen LogP contribution in [0.15, 0.2) is 71.7 Å². The molecule has 2 nitrogen and oxygen atoms in total. The monoisotopic (exact) mass is 298 g/mol. The highest BCUT2D eigenvalue weighted by Crippen LogP contribution is 2.38. The molecule has 0 bridgehead atoms. The van der Waals surface area contributed by atoms with Crippen molar-refractivity contribution in [1.82, 2.24) is 0 Å². The van der Waals surface area contributed by atoms with Gasteiger partial charge in [-0.3, -0.25) is 0 Å². The summed E-state index contributed by atoms with van der Waals surface area (Å²) in [6.45, 7) is 3.75. The molecule has 21 heavy (non-hydrogen) atoms. The van der Waals surface area contributed by atoms with Gasteiger partial charge in [-0.25, -0.2) is 8.42 Å². The van der Waals surface area contributed by atoms with Crippen LogP contribution in [0, 0.1) is 5.92 Å². The van der Waals surface area contributed by atoms with E-state index in [1.807, 2.05) is 61.5 Å². The van der Waals surface area contributed by atoms with Gasteiger partial charge >= 0.3 is 0 Å². The standard InChI is InChI=1S/C18H18O2S/c1-14-8-5-6-13-18(14,2)21(19,20)17-12-7-10-15-9-3-4-11-16(15)17/h3-14H,1-2H3. The molecular weight excluding hydrogens is 280 g/mol. The molecule has 0 aromatic heterocycles. The fourth-order valence-electron chi connectivity index (χ4n) is 2.82. The molecule has 2 aromatic carbocycles. The van der Waals surface area contributed by atoms with Gasteiger partial charge in [-0.1, -0.05) is 67.6 Å². The largest absolute Gasteiger partial charge is 0.223 e. The third-order valence-corrected chi connectivity index (χ3v) is 7.06. The average Bonchev–Trinajstić information content (AvgIpc) is 2.49. The van der Waals surface area contributed by atoms with Gasteiger partial charge in [-0.2, -0.15) is 0 Å². The maximum atomic E-state index is 13.2. The maximum Gasteiger partial charge on any atom is 0.188 e. The van der Waals surface area contributed by atoms with Crippen molar-refractivity contribution < 1.29 is 8.42 Å². The van der Waals surface area contributed by atoms with Gasteiger partial charge in [-0.15, -0.1) is 0 Å². The van der Waals surface area contributed by atoms with E-state index in [0.29, 0.717) is 4.90 Å². The summed E-state index contributed by atoms with van der Waals surface area (Å²) in [4.78, 5) is 0.412. The summed E-state index contributed by atoms with van der Waals surface area (Å²) in [7, 11) is -3.48. The highest BCUT2D eigenvalue weighted by atomic mass is 32.2. The summed E-state index contributed by atoms with van der Waals surface area (Å²) in [6.07, 6.45) is 7.48. The molecular formula is C18H18O2S. The predicted octanol–water partition coefficient (Wildman–Crippen LogP) is 4.13. The summed E-state index contributed by atoms with van der Waals surface area (Å²) in [5.74, 6) is -0.0635. The Labute approximate surface area is 125 Å². The lowest BCUT2D eigenvalue weighted by Crippen LogP contribution is -2.40. The van der Waals surface area contributed by atoms with Crippen molar-refractivity contribution in [3.63, 3.8) is 0 Å². The van der Waals surface area contributed by atoms with Gasteiger partial charge in [-0.05, 0) is 24.3 Å². The molecule has 2 aromatic rings. The SMILES string of the molecule is CC1C=CC=CC1(C)S(=O)(=O)c1cccc2ccccc12. The molecule has 0 spiro atoms. The summed E-state index contributed by atoms with van der Waals surface area (Å²) >= 11 is 0. The van der Waals surface area contributed by atoms with Crippen molar-refractivity contribution in [2.24, 2.45) is 5.92 Å².